The number of hydrogen-bond donors (Lipinski definition) is 1. The van der Waals surface area contributed by atoms with Gasteiger partial charge in [0.05, 0.1) is 30.0 Å². The molecule has 6 rings (SSSR count). The van der Waals surface area contributed by atoms with Gasteiger partial charge in [-0.25, -0.2) is 4.79 Å². The number of Topliss-reactive ketones (excluding diaryl/α,β-unsaturated/α-hetero) is 1. The van der Waals surface area contributed by atoms with Crippen LogP contribution in [0.5, 0.6) is 0 Å². The molecule has 0 bridgehead atoms. The average molecular weight is 475 g/mol. The molecule has 5 nitrogen and oxygen atoms in total. The number of benzene rings is 3. The number of aryl methyl sites for hydroxylation is 1. The number of rotatable bonds is 3. The molecule has 1 N–H and O–H groups in total. The van der Waals surface area contributed by atoms with Gasteiger partial charge >= 0.3 is 5.97 Å². The summed E-state index contributed by atoms with van der Waals surface area (Å²) >= 11 is 0. The first-order valence-corrected chi connectivity index (χ1v) is 12.0. The molecule has 0 radical (unpaired) electrons. The Kier molecular flexibility index (Phi) is 4.97. The normalized spacial score (nSPS) is 16.8. The molecule has 0 fully saturated rings. The lowest BCUT2D eigenvalue weighted by molar-refractivity contribution is -0.136. The van der Waals surface area contributed by atoms with Gasteiger partial charge < -0.3 is 14.6 Å². The number of nitrogens with one attached hydrogen (secondary N) is 1. The smallest absolute Gasteiger partial charge is 0.336 e. The van der Waals surface area contributed by atoms with Crippen LogP contribution >= 0.6 is 0 Å². The van der Waals surface area contributed by atoms with E-state index in [0.29, 0.717) is 22.4 Å². The first-order valence-electron chi connectivity index (χ1n) is 12.0. The third-order valence-corrected chi connectivity index (χ3v) is 7.44. The van der Waals surface area contributed by atoms with Gasteiger partial charge in [0, 0.05) is 39.2 Å². The van der Waals surface area contributed by atoms with Crippen LogP contribution in [0, 0.1) is 13.8 Å². The highest BCUT2D eigenvalue weighted by Crippen LogP contribution is 2.48. The van der Waals surface area contributed by atoms with Gasteiger partial charge in [0.15, 0.2) is 5.78 Å². The van der Waals surface area contributed by atoms with Crippen LogP contribution in [0.1, 0.15) is 45.7 Å². The highest BCUT2D eigenvalue weighted by atomic mass is 16.5. The minimum Gasteiger partial charge on any atom is -0.466 e. The average Bonchev–Trinajstić information content (AvgIpc) is 3.35. The minimum absolute atomic E-state index is 0.0537. The summed E-state index contributed by atoms with van der Waals surface area (Å²) in [5.74, 6) is -1.03. The van der Waals surface area contributed by atoms with E-state index in [4.69, 9.17) is 4.74 Å². The van der Waals surface area contributed by atoms with E-state index in [-0.39, 0.29) is 5.78 Å². The lowest BCUT2D eigenvalue weighted by Crippen LogP contribution is -2.29. The fourth-order valence-electron chi connectivity index (χ4n) is 5.87. The molecule has 2 heterocycles. The number of carbonyl (C=O) groups excluding carboxylic acids is 2. The monoisotopic (exact) mass is 474 g/mol. The standard InChI is InChI=1S/C31H26N2O3/c1-17-16-24(19(3)33(17)25-15-9-11-20-10-5-6-12-21(20)25)27-26(31(35)36-4)18(2)32-29-22-13-7-8-14-23(22)30(34)28(27)29/h5-16,27,32H,1-4H3/t27-/m1/s1. The molecular weight excluding hydrogens is 448 g/mol. The summed E-state index contributed by atoms with van der Waals surface area (Å²) in [6, 6.07) is 24.3. The molecule has 1 atom stereocenters. The topological polar surface area (TPSA) is 60.3 Å². The van der Waals surface area contributed by atoms with Crippen molar-refractivity contribution in [1.29, 1.82) is 0 Å². The molecule has 1 aliphatic carbocycles. The third kappa shape index (κ3) is 3.02. The van der Waals surface area contributed by atoms with Crippen LogP contribution in [0.2, 0.25) is 0 Å². The molecule has 1 aromatic heterocycles. The fourth-order valence-corrected chi connectivity index (χ4v) is 5.87. The number of carbonyl (C=O) groups is 2. The van der Waals surface area contributed by atoms with Crippen molar-refractivity contribution < 1.29 is 14.3 Å². The van der Waals surface area contributed by atoms with Crippen molar-refractivity contribution in [2.75, 3.05) is 7.11 Å². The van der Waals surface area contributed by atoms with Crippen LogP contribution in [0.4, 0.5) is 0 Å². The molecule has 2 aliphatic rings. The van der Waals surface area contributed by atoms with Crippen molar-refractivity contribution in [3.63, 3.8) is 0 Å². The molecule has 178 valence electrons. The van der Waals surface area contributed by atoms with Gasteiger partial charge in [-0.2, -0.15) is 0 Å². The van der Waals surface area contributed by atoms with Gasteiger partial charge in [-0.3, -0.25) is 4.79 Å². The summed E-state index contributed by atoms with van der Waals surface area (Å²) in [6.45, 7) is 6.00. The van der Waals surface area contributed by atoms with E-state index in [0.717, 1.165) is 44.7 Å². The summed E-state index contributed by atoms with van der Waals surface area (Å²) in [5, 5.41) is 5.65. The Balaban J connectivity index is 1.61. The summed E-state index contributed by atoms with van der Waals surface area (Å²) < 4.78 is 7.43. The second-order valence-electron chi connectivity index (χ2n) is 9.41. The van der Waals surface area contributed by atoms with Crippen molar-refractivity contribution in [2.24, 2.45) is 0 Å². The third-order valence-electron chi connectivity index (χ3n) is 7.44. The maximum absolute atomic E-state index is 13.7. The zero-order chi connectivity index (χ0) is 25.1. The highest BCUT2D eigenvalue weighted by molar-refractivity contribution is 6.23. The van der Waals surface area contributed by atoms with Gasteiger partial charge in [-0.05, 0) is 43.9 Å². The lowest BCUT2D eigenvalue weighted by atomic mass is 9.79. The van der Waals surface area contributed by atoms with Gasteiger partial charge in [-0.1, -0.05) is 60.7 Å². The van der Waals surface area contributed by atoms with E-state index in [9.17, 15) is 9.59 Å². The predicted molar refractivity (Wildman–Crippen MR) is 141 cm³/mol. The second kappa shape index (κ2) is 8.09. The Morgan fingerprint density at radius 3 is 2.39 bits per heavy atom. The summed E-state index contributed by atoms with van der Waals surface area (Å²) in [6.07, 6.45) is 0. The van der Waals surface area contributed by atoms with Gasteiger partial charge in [0.25, 0.3) is 0 Å². The molecule has 4 aromatic rings. The maximum Gasteiger partial charge on any atom is 0.336 e. The van der Waals surface area contributed by atoms with Crippen LogP contribution in [-0.4, -0.2) is 23.4 Å². The largest absolute Gasteiger partial charge is 0.466 e. The first-order chi connectivity index (χ1) is 17.4. The number of methoxy groups -OCH3 is 1. The highest BCUT2D eigenvalue weighted by Gasteiger charge is 2.43. The number of dihydropyridines is 1. The molecule has 5 heteroatoms. The number of hydrogen-bond acceptors (Lipinski definition) is 4. The van der Waals surface area contributed by atoms with Crippen LogP contribution in [0.3, 0.4) is 0 Å². The second-order valence-corrected chi connectivity index (χ2v) is 9.41. The number of allylic oxidation sites excluding steroid dienone is 2. The van der Waals surface area contributed by atoms with Crippen molar-refractivity contribution in [1.82, 2.24) is 9.88 Å². The summed E-state index contributed by atoms with van der Waals surface area (Å²) in [4.78, 5) is 26.9. The Labute approximate surface area is 209 Å². The number of fused-ring (bicyclic) bond motifs is 3. The molecule has 3 aromatic carbocycles. The van der Waals surface area contributed by atoms with Crippen LogP contribution in [0.25, 0.3) is 22.2 Å². The molecule has 1 aliphatic heterocycles. The Hall–Kier alpha value is -4.38. The SMILES string of the molecule is COC(=O)C1=C(C)NC2=C(C(=O)c3ccccc32)[C@@H]1c1cc(C)n(-c2cccc3ccccc23)c1C. The van der Waals surface area contributed by atoms with Crippen molar-refractivity contribution in [3.05, 3.63) is 118 Å². The lowest BCUT2D eigenvalue weighted by Gasteiger charge is -2.29. The first kappa shape index (κ1) is 22.1. The van der Waals surface area contributed by atoms with Gasteiger partial charge in [0.1, 0.15) is 0 Å². The number of aromatic nitrogens is 1. The van der Waals surface area contributed by atoms with Crippen LogP contribution < -0.4 is 5.32 Å². The van der Waals surface area contributed by atoms with E-state index in [1.807, 2.05) is 43.3 Å². The van der Waals surface area contributed by atoms with Crippen molar-refractivity contribution >= 4 is 28.2 Å². The number of ether oxygens (including phenoxy) is 1. The number of ketones is 1. The van der Waals surface area contributed by atoms with E-state index in [1.54, 1.807) is 0 Å². The Bertz CT molecular complexity index is 1660. The van der Waals surface area contributed by atoms with E-state index < -0.39 is 11.9 Å². The molecule has 0 spiro atoms. The van der Waals surface area contributed by atoms with Crippen LogP contribution in [-0.2, 0) is 9.53 Å². The van der Waals surface area contributed by atoms with E-state index in [2.05, 4.69) is 60.1 Å². The van der Waals surface area contributed by atoms with Crippen molar-refractivity contribution in [3.8, 4) is 5.69 Å². The Morgan fingerprint density at radius 1 is 0.917 bits per heavy atom. The molecule has 36 heavy (non-hydrogen) atoms. The molecular formula is C31H26N2O3. The van der Waals surface area contributed by atoms with E-state index in [1.165, 1.54) is 7.11 Å². The maximum atomic E-state index is 13.7. The van der Waals surface area contributed by atoms with Gasteiger partial charge in [0.2, 0.25) is 0 Å². The zero-order valence-corrected chi connectivity index (χ0v) is 20.7. The summed E-state index contributed by atoms with van der Waals surface area (Å²) in [7, 11) is 1.38. The Morgan fingerprint density at radius 2 is 1.61 bits per heavy atom. The molecule has 0 unspecified atom stereocenters. The molecule has 0 saturated carbocycles. The zero-order valence-electron chi connectivity index (χ0n) is 20.7. The number of nitrogens with zero attached hydrogens (tertiary/aromatic N) is 1. The van der Waals surface area contributed by atoms with Crippen LogP contribution in [0.15, 0.2) is 89.6 Å². The van der Waals surface area contributed by atoms with Gasteiger partial charge in [-0.15, -0.1) is 0 Å². The fraction of sp³-hybridized carbons (Fsp3) is 0.161. The molecule has 0 amide bonds. The quantitative estimate of drug-likeness (QED) is 0.371. The minimum atomic E-state index is -0.538. The van der Waals surface area contributed by atoms with E-state index >= 15 is 0 Å². The van der Waals surface area contributed by atoms with Crippen molar-refractivity contribution in [2.45, 2.75) is 26.7 Å². The molecule has 0 saturated heterocycles. The predicted octanol–water partition coefficient (Wildman–Crippen LogP) is 5.99. The number of esters is 1. The summed E-state index contributed by atoms with van der Waals surface area (Å²) in [5.41, 5.74) is 8.08.